The minimum absolute atomic E-state index is 0.0290. The van der Waals surface area contributed by atoms with Gasteiger partial charge in [0, 0.05) is 0 Å². The molecule has 4 nitrogen and oxygen atoms in total. The van der Waals surface area contributed by atoms with Gasteiger partial charge in [-0.25, -0.2) is 9.29 Å². The van der Waals surface area contributed by atoms with Gasteiger partial charge in [-0.3, -0.25) is 9.59 Å². The first-order valence-electron chi connectivity index (χ1n) is 5.81. The second kappa shape index (κ2) is 4.28. The van der Waals surface area contributed by atoms with Crippen LogP contribution in [0.5, 0.6) is 0 Å². The highest BCUT2D eigenvalue weighted by molar-refractivity contribution is 6.34. The van der Waals surface area contributed by atoms with E-state index in [1.165, 1.54) is 24.3 Å². The zero-order chi connectivity index (χ0) is 14.3. The van der Waals surface area contributed by atoms with Crippen LogP contribution in [0.25, 0.3) is 0 Å². The molecule has 0 bridgehead atoms. The Kier molecular flexibility index (Phi) is 2.58. The second-order valence-corrected chi connectivity index (χ2v) is 4.24. The van der Waals surface area contributed by atoms with E-state index in [4.69, 9.17) is 5.26 Å². The number of carbonyl (C=O) groups is 2. The van der Waals surface area contributed by atoms with Crippen molar-refractivity contribution in [3.05, 3.63) is 65.0 Å². The number of amides is 2. The zero-order valence-electron chi connectivity index (χ0n) is 10.1. The minimum Gasteiger partial charge on any atom is -0.268 e. The highest BCUT2D eigenvalue weighted by Gasteiger charge is 2.37. The van der Waals surface area contributed by atoms with Crippen molar-refractivity contribution >= 4 is 17.5 Å². The lowest BCUT2D eigenvalue weighted by Crippen LogP contribution is -2.30. The summed E-state index contributed by atoms with van der Waals surface area (Å²) in [6.07, 6.45) is 0. The number of fused-ring (bicyclic) bond motifs is 1. The van der Waals surface area contributed by atoms with Crippen LogP contribution < -0.4 is 4.90 Å². The van der Waals surface area contributed by atoms with E-state index < -0.39 is 17.6 Å². The second-order valence-electron chi connectivity index (χ2n) is 4.24. The molecule has 0 aliphatic carbocycles. The Morgan fingerprint density at radius 1 is 0.950 bits per heavy atom. The van der Waals surface area contributed by atoms with E-state index in [1.54, 1.807) is 18.2 Å². The summed E-state index contributed by atoms with van der Waals surface area (Å²) in [6.45, 7) is 0. The standard InChI is InChI=1S/C15H7FN2O2/c16-12-6-3-7-13(11(12)8-17)18-14(19)9-4-1-2-5-10(9)15(18)20/h1-7H. The third kappa shape index (κ3) is 1.52. The van der Waals surface area contributed by atoms with Crippen molar-refractivity contribution in [2.75, 3.05) is 4.90 Å². The van der Waals surface area contributed by atoms with Gasteiger partial charge in [-0.05, 0) is 24.3 Å². The van der Waals surface area contributed by atoms with Crippen LogP contribution in [0.2, 0.25) is 0 Å². The molecule has 3 rings (SSSR count). The first-order valence-corrected chi connectivity index (χ1v) is 5.81. The number of benzene rings is 2. The first kappa shape index (κ1) is 12.1. The quantitative estimate of drug-likeness (QED) is 0.745. The van der Waals surface area contributed by atoms with E-state index in [0.29, 0.717) is 0 Å². The zero-order valence-corrected chi connectivity index (χ0v) is 10.1. The Morgan fingerprint density at radius 3 is 2.10 bits per heavy atom. The summed E-state index contributed by atoms with van der Waals surface area (Å²) in [4.78, 5) is 25.4. The van der Waals surface area contributed by atoms with E-state index >= 15 is 0 Å². The first-order chi connectivity index (χ1) is 9.65. The van der Waals surface area contributed by atoms with Crippen LogP contribution in [-0.2, 0) is 0 Å². The van der Waals surface area contributed by atoms with E-state index in [2.05, 4.69) is 0 Å². The highest BCUT2D eigenvalue weighted by Crippen LogP contribution is 2.31. The molecule has 1 aliphatic heterocycles. The molecule has 0 atom stereocenters. The molecule has 0 unspecified atom stereocenters. The van der Waals surface area contributed by atoms with Crippen LogP contribution in [0.4, 0.5) is 10.1 Å². The summed E-state index contributed by atoms with van der Waals surface area (Å²) in [5, 5.41) is 9.01. The lowest BCUT2D eigenvalue weighted by molar-refractivity contribution is 0.0926. The van der Waals surface area contributed by atoms with Crippen molar-refractivity contribution in [2.24, 2.45) is 0 Å². The monoisotopic (exact) mass is 266 g/mol. The number of rotatable bonds is 1. The molecule has 20 heavy (non-hydrogen) atoms. The van der Waals surface area contributed by atoms with E-state index in [-0.39, 0.29) is 22.4 Å². The Labute approximate surface area is 113 Å². The van der Waals surface area contributed by atoms with Crippen LogP contribution in [0, 0.1) is 17.1 Å². The molecule has 2 aromatic rings. The van der Waals surface area contributed by atoms with E-state index in [0.717, 1.165) is 11.0 Å². The SMILES string of the molecule is N#Cc1c(F)cccc1N1C(=O)c2ccccc2C1=O. The van der Waals surface area contributed by atoms with Crippen molar-refractivity contribution in [3.63, 3.8) is 0 Å². The van der Waals surface area contributed by atoms with Crippen molar-refractivity contribution in [2.45, 2.75) is 0 Å². The van der Waals surface area contributed by atoms with Crippen molar-refractivity contribution in [1.29, 1.82) is 5.26 Å². The van der Waals surface area contributed by atoms with Crippen LogP contribution in [-0.4, -0.2) is 11.8 Å². The van der Waals surface area contributed by atoms with Gasteiger partial charge < -0.3 is 0 Å². The molecule has 96 valence electrons. The fourth-order valence-corrected chi connectivity index (χ4v) is 2.22. The average molecular weight is 266 g/mol. The predicted octanol–water partition coefficient (Wildman–Crippen LogP) is 2.50. The lowest BCUT2D eigenvalue weighted by atomic mass is 10.1. The predicted molar refractivity (Wildman–Crippen MR) is 68.7 cm³/mol. The normalized spacial score (nSPS) is 13.3. The summed E-state index contributed by atoms with van der Waals surface area (Å²) in [5.41, 5.74) is 0.164. The molecule has 5 heteroatoms. The molecule has 0 saturated heterocycles. The molecule has 2 aromatic carbocycles. The average Bonchev–Trinajstić information content (AvgIpc) is 2.71. The summed E-state index contributed by atoms with van der Waals surface area (Å²) >= 11 is 0. The fraction of sp³-hybridized carbons (Fsp3) is 0. The third-order valence-corrected chi connectivity index (χ3v) is 3.14. The van der Waals surface area contributed by atoms with Crippen LogP contribution in [0.15, 0.2) is 42.5 Å². The highest BCUT2D eigenvalue weighted by atomic mass is 19.1. The van der Waals surface area contributed by atoms with Gasteiger partial charge in [-0.15, -0.1) is 0 Å². The lowest BCUT2D eigenvalue weighted by Gasteiger charge is -2.15. The molecule has 1 aliphatic rings. The maximum Gasteiger partial charge on any atom is 0.266 e. The topological polar surface area (TPSA) is 61.2 Å². The number of hydrogen-bond donors (Lipinski definition) is 0. The molecule has 0 aromatic heterocycles. The largest absolute Gasteiger partial charge is 0.268 e. The maximum atomic E-state index is 13.6. The Bertz CT molecular complexity index is 758. The van der Waals surface area contributed by atoms with Gasteiger partial charge in [0.25, 0.3) is 11.8 Å². The van der Waals surface area contributed by atoms with Gasteiger partial charge in [-0.1, -0.05) is 18.2 Å². The number of hydrogen-bond acceptors (Lipinski definition) is 3. The number of anilines is 1. The van der Waals surface area contributed by atoms with Gasteiger partial charge >= 0.3 is 0 Å². The number of carbonyl (C=O) groups excluding carboxylic acids is 2. The van der Waals surface area contributed by atoms with E-state index in [9.17, 15) is 14.0 Å². The number of imide groups is 1. The van der Waals surface area contributed by atoms with Gasteiger partial charge in [0.15, 0.2) is 0 Å². The number of nitrogens with zero attached hydrogens (tertiary/aromatic N) is 2. The maximum absolute atomic E-state index is 13.6. The molecule has 0 radical (unpaired) electrons. The molecule has 2 amide bonds. The molecular weight excluding hydrogens is 259 g/mol. The Balaban J connectivity index is 2.20. The van der Waals surface area contributed by atoms with Gasteiger partial charge in [0.2, 0.25) is 0 Å². The summed E-state index contributed by atoms with van der Waals surface area (Å²) in [6, 6.07) is 11.9. The molecular formula is C15H7FN2O2. The Morgan fingerprint density at radius 2 is 1.55 bits per heavy atom. The van der Waals surface area contributed by atoms with Crippen LogP contribution in [0.1, 0.15) is 26.3 Å². The molecule has 0 fully saturated rings. The van der Waals surface area contributed by atoms with Gasteiger partial charge in [-0.2, -0.15) is 5.26 Å². The Hall–Kier alpha value is -3.00. The third-order valence-electron chi connectivity index (χ3n) is 3.14. The van der Waals surface area contributed by atoms with E-state index in [1.807, 2.05) is 0 Å². The fourth-order valence-electron chi connectivity index (χ4n) is 2.22. The molecule has 0 spiro atoms. The van der Waals surface area contributed by atoms with Crippen molar-refractivity contribution < 1.29 is 14.0 Å². The smallest absolute Gasteiger partial charge is 0.266 e. The summed E-state index contributed by atoms with van der Waals surface area (Å²) in [7, 11) is 0. The van der Waals surface area contributed by atoms with Crippen LogP contribution >= 0.6 is 0 Å². The number of nitriles is 1. The summed E-state index contributed by atoms with van der Waals surface area (Å²) < 4.78 is 13.6. The van der Waals surface area contributed by atoms with Crippen molar-refractivity contribution in [3.8, 4) is 6.07 Å². The summed E-state index contributed by atoms with van der Waals surface area (Å²) in [5.74, 6) is -1.86. The minimum atomic E-state index is -0.762. The molecule has 1 heterocycles. The molecule has 0 N–H and O–H groups in total. The van der Waals surface area contributed by atoms with Gasteiger partial charge in [0.05, 0.1) is 16.8 Å². The number of halogens is 1. The van der Waals surface area contributed by atoms with Crippen molar-refractivity contribution in [1.82, 2.24) is 0 Å². The van der Waals surface area contributed by atoms with Gasteiger partial charge in [0.1, 0.15) is 17.4 Å². The molecule has 0 saturated carbocycles. The van der Waals surface area contributed by atoms with Crippen LogP contribution in [0.3, 0.4) is 0 Å².